The fourth-order valence-corrected chi connectivity index (χ4v) is 2.21. The van der Waals surface area contributed by atoms with Crippen molar-refractivity contribution in [3.63, 3.8) is 0 Å². The Bertz CT molecular complexity index is 540. The summed E-state index contributed by atoms with van der Waals surface area (Å²) in [6.07, 6.45) is 3.03. The van der Waals surface area contributed by atoms with Gasteiger partial charge in [-0.15, -0.1) is 0 Å². The molecule has 0 saturated heterocycles. The first kappa shape index (κ1) is 13.1. The molecular formula is C13H15N3O3. The van der Waals surface area contributed by atoms with Crippen LogP contribution in [0, 0.1) is 0 Å². The molecule has 6 nitrogen and oxygen atoms in total. The molecule has 100 valence electrons. The van der Waals surface area contributed by atoms with E-state index in [9.17, 15) is 14.4 Å². The van der Waals surface area contributed by atoms with E-state index in [-0.39, 0.29) is 0 Å². The van der Waals surface area contributed by atoms with Gasteiger partial charge in [0, 0.05) is 5.56 Å². The van der Waals surface area contributed by atoms with Crippen LogP contribution in [0.5, 0.6) is 0 Å². The number of benzene rings is 1. The molecule has 5 N–H and O–H groups in total. The molecule has 0 saturated carbocycles. The first-order valence-electron chi connectivity index (χ1n) is 6.00. The van der Waals surface area contributed by atoms with Crippen molar-refractivity contribution in [1.82, 2.24) is 5.32 Å². The zero-order chi connectivity index (χ0) is 14.0. The minimum absolute atomic E-state index is 0.396. The van der Waals surface area contributed by atoms with Crippen molar-refractivity contribution >= 4 is 17.7 Å². The summed E-state index contributed by atoms with van der Waals surface area (Å²) in [4.78, 5) is 33.9. The maximum absolute atomic E-state index is 11.9. The normalized spacial score (nSPS) is 13.1. The molecule has 6 heteroatoms. The van der Waals surface area contributed by atoms with Crippen LogP contribution in [-0.4, -0.2) is 23.8 Å². The highest BCUT2D eigenvalue weighted by atomic mass is 16.2. The molecule has 19 heavy (non-hydrogen) atoms. The minimum Gasteiger partial charge on any atom is -0.367 e. The van der Waals surface area contributed by atoms with Gasteiger partial charge in [0.2, 0.25) is 11.8 Å². The molecule has 1 aromatic carbocycles. The van der Waals surface area contributed by atoms with Gasteiger partial charge in [-0.05, 0) is 42.5 Å². The Labute approximate surface area is 110 Å². The average molecular weight is 261 g/mol. The summed E-state index contributed by atoms with van der Waals surface area (Å²) in [6.45, 7) is 0. The third-order valence-corrected chi connectivity index (χ3v) is 3.21. The summed E-state index contributed by atoms with van der Waals surface area (Å²) < 4.78 is 0. The zero-order valence-corrected chi connectivity index (χ0v) is 10.3. The Morgan fingerprint density at radius 3 is 2.32 bits per heavy atom. The lowest BCUT2D eigenvalue weighted by atomic mass is 10.1. The van der Waals surface area contributed by atoms with Gasteiger partial charge >= 0.3 is 0 Å². The fraction of sp³-hybridized carbons (Fsp3) is 0.308. The van der Waals surface area contributed by atoms with Gasteiger partial charge in [0.05, 0.1) is 0 Å². The number of carbonyl (C=O) groups is 3. The summed E-state index contributed by atoms with van der Waals surface area (Å²) in [6, 6.07) is 3.84. The topological polar surface area (TPSA) is 115 Å². The van der Waals surface area contributed by atoms with Gasteiger partial charge in [0.25, 0.3) is 5.91 Å². The van der Waals surface area contributed by atoms with E-state index in [2.05, 4.69) is 5.32 Å². The molecule has 0 radical (unpaired) electrons. The van der Waals surface area contributed by atoms with Gasteiger partial charge in [0.1, 0.15) is 0 Å². The first-order valence-corrected chi connectivity index (χ1v) is 6.00. The van der Waals surface area contributed by atoms with Gasteiger partial charge in [-0.1, -0.05) is 6.07 Å². The fourth-order valence-electron chi connectivity index (χ4n) is 2.21. The van der Waals surface area contributed by atoms with Gasteiger partial charge < -0.3 is 16.8 Å². The molecule has 1 aliphatic carbocycles. The summed E-state index contributed by atoms with van der Waals surface area (Å²) in [5, 5.41) is 2.24. The summed E-state index contributed by atoms with van der Waals surface area (Å²) in [5.74, 6) is -2.47. The lowest BCUT2D eigenvalue weighted by molar-refractivity contribution is -0.128. The minimum atomic E-state index is -1.49. The number of fused-ring (bicyclic) bond motifs is 1. The Morgan fingerprint density at radius 1 is 1.05 bits per heavy atom. The van der Waals surface area contributed by atoms with E-state index in [1.165, 1.54) is 5.56 Å². The number of aryl methyl sites for hydroxylation is 2. The molecule has 0 aromatic heterocycles. The molecule has 1 aromatic rings. The monoisotopic (exact) mass is 261 g/mol. The van der Waals surface area contributed by atoms with Gasteiger partial charge in [0.15, 0.2) is 6.04 Å². The Balaban J connectivity index is 2.16. The quantitative estimate of drug-likeness (QED) is 0.619. The van der Waals surface area contributed by atoms with Crippen molar-refractivity contribution in [2.75, 3.05) is 0 Å². The first-order chi connectivity index (χ1) is 8.99. The standard InChI is InChI=1S/C13H15N3O3/c14-11(17)10(12(15)18)16-13(19)9-5-4-7-2-1-3-8(7)6-9/h4-6,10H,1-3H2,(H2,14,17)(H2,15,18)(H,16,19). The lowest BCUT2D eigenvalue weighted by Gasteiger charge is -2.12. The van der Waals surface area contributed by atoms with Crippen LogP contribution in [0.3, 0.4) is 0 Å². The molecule has 0 aliphatic heterocycles. The van der Waals surface area contributed by atoms with E-state index in [1.54, 1.807) is 12.1 Å². The maximum atomic E-state index is 11.9. The molecular weight excluding hydrogens is 246 g/mol. The second-order valence-electron chi connectivity index (χ2n) is 4.55. The number of nitrogens with one attached hydrogen (secondary N) is 1. The van der Waals surface area contributed by atoms with Gasteiger partial charge in [-0.2, -0.15) is 0 Å². The average Bonchev–Trinajstić information content (AvgIpc) is 2.81. The van der Waals surface area contributed by atoms with E-state index in [0.29, 0.717) is 5.56 Å². The summed E-state index contributed by atoms with van der Waals surface area (Å²) >= 11 is 0. The predicted octanol–water partition coefficient (Wildman–Crippen LogP) is -0.756. The van der Waals surface area contributed by atoms with Crippen LogP contribution in [-0.2, 0) is 22.4 Å². The van der Waals surface area contributed by atoms with Crippen LogP contribution in [0.15, 0.2) is 18.2 Å². The van der Waals surface area contributed by atoms with Crippen molar-refractivity contribution in [2.24, 2.45) is 11.5 Å². The van der Waals surface area contributed by atoms with Gasteiger partial charge in [-0.25, -0.2) is 0 Å². The van der Waals surface area contributed by atoms with Crippen LogP contribution in [0.2, 0.25) is 0 Å². The van der Waals surface area contributed by atoms with Crippen LogP contribution < -0.4 is 16.8 Å². The Hall–Kier alpha value is -2.37. The number of carbonyl (C=O) groups excluding carboxylic acids is 3. The molecule has 0 heterocycles. The van der Waals surface area contributed by atoms with E-state index >= 15 is 0 Å². The Kier molecular flexibility index (Phi) is 3.50. The van der Waals surface area contributed by atoms with E-state index in [1.807, 2.05) is 6.07 Å². The second-order valence-corrected chi connectivity index (χ2v) is 4.55. The van der Waals surface area contributed by atoms with Gasteiger partial charge in [-0.3, -0.25) is 14.4 Å². The molecule has 3 amide bonds. The van der Waals surface area contributed by atoms with E-state index < -0.39 is 23.8 Å². The van der Waals surface area contributed by atoms with Crippen LogP contribution in [0.4, 0.5) is 0 Å². The van der Waals surface area contributed by atoms with Crippen molar-refractivity contribution in [1.29, 1.82) is 0 Å². The predicted molar refractivity (Wildman–Crippen MR) is 68.1 cm³/mol. The smallest absolute Gasteiger partial charge is 0.252 e. The number of rotatable bonds is 4. The van der Waals surface area contributed by atoms with Crippen molar-refractivity contribution in [3.8, 4) is 0 Å². The van der Waals surface area contributed by atoms with E-state index in [0.717, 1.165) is 24.8 Å². The highest BCUT2D eigenvalue weighted by Crippen LogP contribution is 2.22. The lowest BCUT2D eigenvalue weighted by Crippen LogP contribution is -2.52. The Morgan fingerprint density at radius 2 is 1.68 bits per heavy atom. The zero-order valence-electron chi connectivity index (χ0n) is 10.3. The second kappa shape index (κ2) is 5.09. The molecule has 0 atom stereocenters. The highest BCUT2D eigenvalue weighted by molar-refractivity contribution is 6.08. The van der Waals surface area contributed by atoms with Crippen LogP contribution in [0.25, 0.3) is 0 Å². The number of nitrogens with two attached hydrogens (primary N) is 2. The van der Waals surface area contributed by atoms with Crippen molar-refractivity contribution < 1.29 is 14.4 Å². The molecule has 1 aliphatic rings. The van der Waals surface area contributed by atoms with E-state index in [4.69, 9.17) is 11.5 Å². The summed E-state index contributed by atoms with van der Waals surface area (Å²) in [7, 11) is 0. The number of hydrogen-bond acceptors (Lipinski definition) is 3. The maximum Gasteiger partial charge on any atom is 0.252 e. The molecule has 2 rings (SSSR count). The van der Waals surface area contributed by atoms with Crippen LogP contribution >= 0.6 is 0 Å². The molecule has 0 unspecified atom stereocenters. The SMILES string of the molecule is NC(=O)C(NC(=O)c1ccc2c(c1)CCC2)C(N)=O. The molecule has 0 spiro atoms. The highest BCUT2D eigenvalue weighted by Gasteiger charge is 2.24. The van der Waals surface area contributed by atoms with Crippen molar-refractivity contribution in [2.45, 2.75) is 25.3 Å². The molecule has 0 bridgehead atoms. The van der Waals surface area contributed by atoms with Crippen molar-refractivity contribution in [3.05, 3.63) is 34.9 Å². The summed E-state index contributed by atoms with van der Waals surface area (Å²) in [5.41, 5.74) is 12.8. The third-order valence-electron chi connectivity index (χ3n) is 3.21. The third kappa shape index (κ3) is 2.73. The largest absolute Gasteiger partial charge is 0.367 e. The van der Waals surface area contributed by atoms with Crippen LogP contribution in [0.1, 0.15) is 27.9 Å². The number of primary amides is 2. The number of hydrogen-bond donors (Lipinski definition) is 3. The number of amides is 3. The molecule has 0 fully saturated rings.